The third kappa shape index (κ3) is 10.8. The molecule has 1 saturated carbocycles. The topological polar surface area (TPSA) is 133 Å². The van der Waals surface area contributed by atoms with Gasteiger partial charge in [0.15, 0.2) is 23.8 Å². The van der Waals surface area contributed by atoms with Crippen molar-refractivity contribution < 1.29 is 24.8 Å². The summed E-state index contributed by atoms with van der Waals surface area (Å²) in [5, 5.41) is 33.4. The molecule has 3 aliphatic rings. The summed E-state index contributed by atoms with van der Waals surface area (Å²) in [6.07, 6.45) is 21.2. The molecule has 0 aromatic heterocycles. The Morgan fingerprint density at radius 3 is 2.73 bits per heavy atom. The minimum Gasteiger partial charge on any atom is -0.504 e. The molecule has 7 N–H and O–H groups in total. The number of nitrogens with two attached hydrogens (primary N) is 1. The van der Waals surface area contributed by atoms with Gasteiger partial charge in [-0.05, 0) is 75.6 Å². The lowest BCUT2D eigenvalue weighted by atomic mass is 9.84. The number of unbranched alkanes of at least 4 members (excludes halogenated alkanes) is 4. The number of nitrogens with one attached hydrogen (secondary N) is 1. The average Bonchev–Trinajstić information content (AvgIpc) is 3.79. The van der Waals surface area contributed by atoms with Crippen molar-refractivity contribution in [1.29, 1.82) is 0 Å². The number of aryl methyl sites for hydroxylation is 1. The largest absolute Gasteiger partial charge is 0.504 e. The second-order valence-electron chi connectivity index (χ2n) is 12.8. The zero-order valence-electron chi connectivity index (χ0n) is 26.7. The fourth-order valence-electron chi connectivity index (χ4n) is 6.68. The van der Waals surface area contributed by atoms with E-state index in [2.05, 4.69) is 17.5 Å². The molecule has 1 aromatic rings. The van der Waals surface area contributed by atoms with Crippen LogP contribution in [-0.2, 0) is 6.42 Å². The van der Waals surface area contributed by atoms with Crippen LogP contribution in [0.15, 0.2) is 46.5 Å². The molecule has 44 heavy (non-hydrogen) atoms. The predicted molar refractivity (Wildman–Crippen MR) is 178 cm³/mol. The molecule has 8 nitrogen and oxygen atoms in total. The standard InChI is InChI=1S/C36H55N3O5/c1-26(41)22-38-24-33(28-9-6-7-10-28)29-20-31(39-23-29)16-18-43-36-19-27(13-15-34(36)42)12-14-32-21-30(25-40)35(44-32)11-5-3-2-4-8-17-37/h13,15,19-21,23,26,28,33,35,38,40-41,44H,2-12,14,16-18,22,24-25,37H2,1H3/p+1/t26-,33+,35?/m0/s1. The number of aliphatic imine (C=N–C) groups is 1. The van der Waals surface area contributed by atoms with E-state index in [4.69, 9.17) is 20.2 Å². The van der Waals surface area contributed by atoms with Crippen LogP contribution in [0, 0.1) is 24.0 Å². The van der Waals surface area contributed by atoms with Gasteiger partial charge in [0.25, 0.3) is 0 Å². The number of hydrogen-bond donors (Lipinski definition) is 5. The third-order valence-corrected chi connectivity index (χ3v) is 9.19. The highest BCUT2D eigenvalue weighted by Crippen LogP contribution is 2.37. The van der Waals surface area contributed by atoms with E-state index < -0.39 is 0 Å². The number of rotatable bonds is 21. The second-order valence-corrected chi connectivity index (χ2v) is 12.8. The number of phenols is 1. The van der Waals surface area contributed by atoms with E-state index >= 15 is 0 Å². The van der Waals surface area contributed by atoms with Gasteiger partial charge < -0.3 is 35.8 Å². The molecule has 1 unspecified atom stereocenters. The molecule has 1 aliphatic carbocycles. The van der Waals surface area contributed by atoms with Gasteiger partial charge in [0, 0.05) is 26.1 Å². The molecular formula is C36H56N3O5+. The fraction of sp³-hybridized carbons (Fsp3) is 0.639. The molecule has 0 radical (unpaired) electrons. The van der Waals surface area contributed by atoms with Gasteiger partial charge in [-0.25, -0.2) is 0 Å². The molecule has 2 heterocycles. The Balaban J connectivity index is 1.21. The zero-order valence-corrected chi connectivity index (χ0v) is 26.7. The number of aliphatic hydroxyl groups is 4. The summed E-state index contributed by atoms with van der Waals surface area (Å²) in [5.74, 6) is 1.71. The van der Waals surface area contributed by atoms with Crippen molar-refractivity contribution in [1.82, 2.24) is 5.32 Å². The molecule has 4 rings (SSSR count). The van der Waals surface area contributed by atoms with Crippen molar-refractivity contribution in [2.24, 2.45) is 22.6 Å². The van der Waals surface area contributed by atoms with E-state index in [1.165, 1.54) is 50.5 Å². The number of nitrogens with zero attached hydrogens (tertiary/aromatic N) is 1. The van der Waals surface area contributed by atoms with Gasteiger partial charge in [-0.1, -0.05) is 38.2 Å². The lowest BCUT2D eigenvalue weighted by Gasteiger charge is -2.20. The van der Waals surface area contributed by atoms with E-state index in [1.54, 1.807) is 6.07 Å². The van der Waals surface area contributed by atoms with Gasteiger partial charge in [-0.3, -0.25) is 0 Å². The number of aromatic hydroxyl groups is 1. The Kier molecular flexibility index (Phi) is 14.4. The third-order valence-electron chi connectivity index (χ3n) is 9.19. The van der Waals surface area contributed by atoms with Crippen molar-refractivity contribution in [3.8, 4) is 11.5 Å². The maximum atomic E-state index is 10.5. The van der Waals surface area contributed by atoms with Crippen LogP contribution in [0.3, 0.4) is 0 Å². The first kappa shape index (κ1) is 34.4. The second kappa shape index (κ2) is 18.5. The normalized spacial score (nSPS) is 20.0. The van der Waals surface area contributed by atoms with Gasteiger partial charge in [-0.2, -0.15) is 0 Å². The maximum absolute atomic E-state index is 10.5. The summed E-state index contributed by atoms with van der Waals surface area (Å²) in [7, 11) is 0. The first-order valence-electron chi connectivity index (χ1n) is 17.0. The monoisotopic (exact) mass is 610 g/mol. The fourth-order valence-corrected chi connectivity index (χ4v) is 6.68. The van der Waals surface area contributed by atoms with E-state index in [1.807, 2.05) is 25.3 Å². The van der Waals surface area contributed by atoms with E-state index in [9.17, 15) is 15.3 Å². The van der Waals surface area contributed by atoms with E-state index in [-0.39, 0.29) is 24.6 Å². The van der Waals surface area contributed by atoms with E-state index in [0.717, 1.165) is 68.5 Å². The van der Waals surface area contributed by atoms with Crippen molar-refractivity contribution in [2.45, 2.75) is 103 Å². The molecule has 1 fully saturated rings. The average molecular weight is 611 g/mol. The van der Waals surface area contributed by atoms with Crippen LogP contribution < -0.4 is 15.8 Å². The zero-order chi connectivity index (χ0) is 31.1. The Morgan fingerprint density at radius 2 is 1.95 bits per heavy atom. The molecule has 1 aromatic carbocycles. The van der Waals surface area contributed by atoms with Crippen LogP contribution in [0.1, 0.15) is 89.5 Å². The summed E-state index contributed by atoms with van der Waals surface area (Å²) in [5.41, 5.74) is 8.96. The van der Waals surface area contributed by atoms with Crippen LogP contribution >= 0.6 is 0 Å². The minimum atomic E-state index is -0.351. The van der Waals surface area contributed by atoms with Crippen molar-refractivity contribution in [3.63, 3.8) is 0 Å². The Morgan fingerprint density at radius 1 is 1.16 bits per heavy atom. The summed E-state index contributed by atoms with van der Waals surface area (Å²) in [6.45, 7) is 4.53. The highest BCUT2D eigenvalue weighted by Gasteiger charge is 2.35. The summed E-state index contributed by atoms with van der Waals surface area (Å²) < 4.78 is 10.9. The van der Waals surface area contributed by atoms with E-state index in [0.29, 0.717) is 37.2 Å². The number of hydrogen-bond acceptors (Lipinski definition) is 7. The molecule has 0 amide bonds. The Bertz CT molecular complexity index is 1080. The van der Waals surface area contributed by atoms with Crippen LogP contribution in [0.2, 0.25) is 0 Å². The number of benzene rings is 1. The smallest absolute Gasteiger partial charge is 0.176 e. The summed E-state index contributed by atoms with van der Waals surface area (Å²) in [4.78, 5) is 4.69. The van der Waals surface area contributed by atoms with Crippen molar-refractivity contribution in [2.75, 3.05) is 32.8 Å². The highest BCUT2D eigenvalue weighted by atomic mass is 16.5. The van der Waals surface area contributed by atoms with Crippen molar-refractivity contribution >= 4 is 6.21 Å². The van der Waals surface area contributed by atoms with Crippen molar-refractivity contribution in [3.05, 3.63) is 59.2 Å². The first-order chi connectivity index (χ1) is 21.5. The van der Waals surface area contributed by atoms with Crippen LogP contribution in [0.4, 0.5) is 0 Å². The summed E-state index contributed by atoms with van der Waals surface area (Å²) >= 11 is 0. The number of aliphatic hydroxyl groups excluding tert-OH is 2. The molecule has 2 aliphatic heterocycles. The van der Waals surface area contributed by atoms with Crippen LogP contribution in [-0.4, -0.2) is 71.3 Å². The SMILES string of the molecule is C[C@H](O)CNC[C@@H](C1=C[C+](CCOc2cc(CC[C-]3C=C(CO)C(CCCCCCCN)[OH+]3)ccc2O)N=C1)C1CCCC1. The van der Waals surface area contributed by atoms with Gasteiger partial charge in [0.05, 0.1) is 30.6 Å². The van der Waals surface area contributed by atoms with Gasteiger partial charge in [0.2, 0.25) is 0 Å². The quantitative estimate of drug-likeness (QED) is 0.0750. The first-order valence-corrected chi connectivity index (χ1v) is 17.0. The molecule has 3 atom stereocenters. The molecule has 244 valence electrons. The van der Waals surface area contributed by atoms with Gasteiger partial charge in [0.1, 0.15) is 18.3 Å². The summed E-state index contributed by atoms with van der Waals surface area (Å²) in [6, 6.07) is 6.57. The molecule has 0 saturated heterocycles. The lowest BCUT2D eigenvalue weighted by molar-refractivity contribution is -0.0552. The maximum Gasteiger partial charge on any atom is 0.176 e. The molecule has 8 heteroatoms. The van der Waals surface area contributed by atoms with Gasteiger partial charge >= 0.3 is 0 Å². The number of ether oxygens (including phenoxy) is 2. The molecule has 0 spiro atoms. The van der Waals surface area contributed by atoms with Crippen LogP contribution in [0.25, 0.3) is 0 Å². The molecular weight excluding hydrogens is 554 g/mol. The minimum absolute atomic E-state index is 0.0584. The Labute approximate surface area is 264 Å². The predicted octanol–water partition coefficient (Wildman–Crippen LogP) is 5.07. The number of phenolic OH excluding ortho intramolecular Hbond substituents is 1. The van der Waals surface area contributed by atoms with Gasteiger partial charge in [-0.15, -0.1) is 16.6 Å². The Hall–Kier alpha value is -2.49. The molecule has 0 bridgehead atoms. The highest BCUT2D eigenvalue weighted by molar-refractivity contribution is 5.84. The lowest BCUT2D eigenvalue weighted by Crippen LogP contribution is -2.33. The van der Waals surface area contributed by atoms with Crippen LogP contribution in [0.5, 0.6) is 11.5 Å².